The standard InChI is InChI=1S/C17H25O8P/c1-16(2,3)24-26(21,25-17(4,5)6)23-11-22-15(20)13-10-8-7-9-12(13)14(18)19/h7-10H,11H2,1-6H3,(H,18,19). The molecule has 8 nitrogen and oxygen atoms in total. The maximum Gasteiger partial charge on any atom is 0.478 e. The van der Waals surface area contributed by atoms with Gasteiger partial charge in [0.25, 0.3) is 0 Å². The van der Waals surface area contributed by atoms with Crippen LogP contribution in [0, 0.1) is 0 Å². The molecule has 0 aliphatic rings. The number of ether oxygens (including phenoxy) is 1. The quantitative estimate of drug-likeness (QED) is 0.419. The van der Waals surface area contributed by atoms with Crippen LogP contribution in [0.3, 0.4) is 0 Å². The summed E-state index contributed by atoms with van der Waals surface area (Å²) in [6.07, 6.45) is 0. The number of hydrogen-bond donors (Lipinski definition) is 1. The predicted molar refractivity (Wildman–Crippen MR) is 94.1 cm³/mol. The normalized spacial score (nSPS) is 12.7. The summed E-state index contributed by atoms with van der Waals surface area (Å²) >= 11 is 0. The van der Waals surface area contributed by atoms with Gasteiger partial charge in [-0.15, -0.1) is 0 Å². The lowest BCUT2D eigenvalue weighted by Gasteiger charge is -2.30. The molecule has 0 spiro atoms. The number of benzene rings is 1. The molecule has 0 amide bonds. The zero-order chi connectivity index (χ0) is 20.2. The summed E-state index contributed by atoms with van der Waals surface area (Å²) in [6.45, 7) is 9.30. The Labute approximate surface area is 153 Å². The van der Waals surface area contributed by atoms with Gasteiger partial charge < -0.3 is 9.84 Å². The third-order valence-corrected chi connectivity index (χ3v) is 4.51. The Balaban J connectivity index is 2.83. The second kappa shape index (κ2) is 8.31. The van der Waals surface area contributed by atoms with Gasteiger partial charge in [0.1, 0.15) is 0 Å². The smallest absolute Gasteiger partial charge is 0.478 e. The lowest BCUT2D eigenvalue weighted by atomic mass is 10.1. The van der Waals surface area contributed by atoms with E-state index in [2.05, 4.69) is 0 Å². The average molecular weight is 388 g/mol. The van der Waals surface area contributed by atoms with Crippen molar-refractivity contribution in [1.29, 1.82) is 0 Å². The SMILES string of the molecule is CC(C)(C)OP(=O)(OCOC(=O)c1ccccc1C(=O)O)OC(C)(C)C. The van der Waals surface area contributed by atoms with Crippen molar-refractivity contribution in [2.45, 2.75) is 52.7 Å². The lowest BCUT2D eigenvalue weighted by Crippen LogP contribution is -2.25. The Morgan fingerprint density at radius 3 is 1.85 bits per heavy atom. The fraction of sp³-hybridized carbons (Fsp3) is 0.529. The van der Waals surface area contributed by atoms with E-state index in [1.165, 1.54) is 24.3 Å². The van der Waals surface area contributed by atoms with Gasteiger partial charge in [-0.1, -0.05) is 12.1 Å². The fourth-order valence-electron chi connectivity index (χ4n) is 1.81. The first-order valence-electron chi connectivity index (χ1n) is 7.88. The largest absolute Gasteiger partial charge is 0.478 e. The second-order valence-electron chi connectivity index (χ2n) is 7.38. The molecule has 0 unspecified atom stereocenters. The zero-order valence-electron chi connectivity index (χ0n) is 15.8. The highest BCUT2D eigenvalue weighted by molar-refractivity contribution is 7.48. The lowest BCUT2D eigenvalue weighted by molar-refractivity contribution is -0.0354. The van der Waals surface area contributed by atoms with E-state index < -0.39 is 37.8 Å². The van der Waals surface area contributed by atoms with E-state index >= 15 is 0 Å². The molecule has 0 aliphatic carbocycles. The van der Waals surface area contributed by atoms with Crippen LogP contribution in [0.15, 0.2) is 24.3 Å². The molecule has 9 heteroatoms. The molecule has 0 bridgehead atoms. The van der Waals surface area contributed by atoms with E-state index in [1.807, 2.05) is 0 Å². The molecule has 0 aliphatic heterocycles. The molecule has 1 aromatic rings. The first-order chi connectivity index (χ1) is 11.7. The summed E-state index contributed by atoms with van der Waals surface area (Å²) in [5.74, 6) is -2.20. The number of carbonyl (C=O) groups excluding carboxylic acids is 1. The fourth-order valence-corrected chi connectivity index (χ4v) is 3.48. The molecule has 0 radical (unpaired) electrons. The van der Waals surface area contributed by atoms with Crippen molar-refractivity contribution in [3.8, 4) is 0 Å². The molecule has 0 saturated carbocycles. The number of carbonyl (C=O) groups is 2. The van der Waals surface area contributed by atoms with Crippen molar-refractivity contribution >= 4 is 19.8 Å². The van der Waals surface area contributed by atoms with Gasteiger partial charge in [-0.05, 0) is 53.7 Å². The van der Waals surface area contributed by atoms with Crippen molar-refractivity contribution in [3.63, 3.8) is 0 Å². The van der Waals surface area contributed by atoms with E-state index in [4.69, 9.17) is 23.4 Å². The minimum absolute atomic E-state index is 0.146. The topological polar surface area (TPSA) is 108 Å². The van der Waals surface area contributed by atoms with E-state index in [0.717, 1.165) is 0 Å². The van der Waals surface area contributed by atoms with Gasteiger partial charge in [0.05, 0.1) is 22.3 Å². The van der Waals surface area contributed by atoms with Crippen LogP contribution in [0.1, 0.15) is 62.3 Å². The maximum atomic E-state index is 12.8. The number of esters is 1. The third kappa shape index (κ3) is 7.66. The highest BCUT2D eigenvalue weighted by atomic mass is 31.2. The molecule has 0 aromatic heterocycles. The minimum atomic E-state index is -4.03. The van der Waals surface area contributed by atoms with Crippen LogP contribution in [-0.2, 0) is 22.9 Å². The van der Waals surface area contributed by atoms with Gasteiger partial charge in [0.15, 0.2) is 0 Å². The Morgan fingerprint density at radius 2 is 1.42 bits per heavy atom. The van der Waals surface area contributed by atoms with Crippen LogP contribution >= 0.6 is 7.82 Å². The number of rotatable bonds is 7. The van der Waals surface area contributed by atoms with E-state index in [9.17, 15) is 14.2 Å². The van der Waals surface area contributed by atoms with Crippen LogP contribution in [0.5, 0.6) is 0 Å². The van der Waals surface area contributed by atoms with Crippen molar-refractivity contribution in [3.05, 3.63) is 35.4 Å². The maximum absolute atomic E-state index is 12.8. The van der Waals surface area contributed by atoms with Crippen LogP contribution in [0.4, 0.5) is 0 Å². The molecule has 146 valence electrons. The van der Waals surface area contributed by atoms with Gasteiger partial charge >= 0.3 is 19.8 Å². The summed E-state index contributed by atoms with van der Waals surface area (Å²) < 4.78 is 33.5. The van der Waals surface area contributed by atoms with Crippen LogP contribution < -0.4 is 0 Å². The number of hydrogen-bond acceptors (Lipinski definition) is 7. The summed E-state index contributed by atoms with van der Waals surface area (Å²) in [5.41, 5.74) is -2.02. The number of carboxylic acid groups (broad SMARTS) is 1. The van der Waals surface area contributed by atoms with Crippen LogP contribution in [0.2, 0.25) is 0 Å². The van der Waals surface area contributed by atoms with Crippen molar-refractivity contribution in [1.82, 2.24) is 0 Å². The van der Waals surface area contributed by atoms with E-state index in [0.29, 0.717) is 0 Å². The molecule has 26 heavy (non-hydrogen) atoms. The van der Waals surface area contributed by atoms with Crippen molar-refractivity contribution in [2.24, 2.45) is 0 Å². The molecule has 1 N–H and O–H groups in total. The van der Waals surface area contributed by atoms with Gasteiger partial charge in [-0.3, -0.25) is 9.05 Å². The van der Waals surface area contributed by atoms with Gasteiger partial charge in [0, 0.05) is 0 Å². The predicted octanol–water partition coefficient (Wildman–Crippen LogP) is 4.25. The van der Waals surface area contributed by atoms with Gasteiger partial charge in [-0.2, -0.15) is 0 Å². The molecule has 0 heterocycles. The Kier molecular flexibility index (Phi) is 7.13. The second-order valence-corrected chi connectivity index (χ2v) is 8.90. The first kappa shape index (κ1) is 22.3. The molecular formula is C17H25O8P. The first-order valence-corrected chi connectivity index (χ1v) is 9.34. The summed E-state index contributed by atoms with van der Waals surface area (Å²) in [7, 11) is -4.03. The van der Waals surface area contributed by atoms with Crippen LogP contribution in [-0.4, -0.2) is 35.0 Å². The molecule has 0 fully saturated rings. The van der Waals surface area contributed by atoms with Crippen molar-refractivity contribution in [2.75, 3.05) is 6.79 Å². The summed E-state index contributed by atoms with van der Waals surface area (Å²) in [5, 5.41) is 9.10. The number of carboxylic acids is 1. The monoisotopic (exact) mass is 388 g/mol. The summed E-state index contributed by atoms with van der Waals surface area (Å²) in [4.78, 5) is 23.2. The van der Waals surface area contributed by atoms with E-state index in [-0.39, 0.29) is 11.1 Å². The Morgan fingerprint density at radius 1 is 0.962 bits per heavy atom. The number of phosphoric ester groups is 1. The summed E-state index contributed by atoms with van der Waals surface area (Å²) in [6, 6.07) is 5.57. The zero-order valence-corrected chi connectivity index (χ0v) is 16.7. The van der Waals surface area contributed by atoms with E-state index in [1.54, 1.807) is 41.5 Å². The highest BCUT2D eigenvalue weighted by Crippen LogP contribution is 2.55. The van der Waals surface area contributed by atoms with Crippen LogP contribution in [0.25, 0.3) is 0 Å². The number of aromatic carboxylic acids is 1. The van der Waals surface area contributed by atoms with Gasteiger partial charge in [-0.25, -0.2) is 18.7 Å². The molecule has 1 rings (SSSR count). The molecule has 1 aromatic carbocycles. The average Bonchev–Trinajstić information content (AvgIpc) is 2.42. The van der Waals surface area contributed by atoms with Crippen molar-refractivity contribution < 1.29 is 37.6 Å². The Hall–Kier alpha value is -1.73. The Bertz CT molecular complexity index is 679. The minimum Gasteiger partial charge on any atom is -0.478 e. The van der Waals surface area contributed by atoms with Gasteiger partial charge in [0.2, 0.25) is 6.79 Å². The molecule has 0 saturated heterocycles. The third-order valence-electron chi connectivity index (χ3n) is 2.55. The highest BCUT2D eigenvalue weighted by Gasteiger charge is 2.37. The number of phosphoric acid groups is 1. The molecular weight excluding hydrogens is 363 g/mol. The molecule has 0 atom stereocenters.